The van der Waals surface area contributed by atoms with Crippen molar-refractivity contribution in [3.05, 3.63) is 28.9 Å². The molecule has 0 aliphatic rings. The lowest BCUT2D eigenvalue weighted by atomic mass is 10.1. The Morgan fingerprint density at radius 3 is 2.61 bits per heavy atom. The third-order valence-corrected chi connectivity index (χ3v) is 2.83. The van der Waals surface area contributed by atoms with E-state index in [1.165, 1.54) is 20.4 Å². The van der Waals surface area contributed by atoms with Crippen LogP contribution in [0.15, 0.2) is 18.3 Å². The summed E-state index contributed by atoms with van der Waals surface area (Å²) in [5.41, 5.74) is 1.66. The summed E-state index contributed by atoms with van der Waals surface area (Å²) in [7, 11) is 3.05. The Labute approximate surface area is 109 Å². The second-order valence-electron chi connectivity index (χ2n) is 3.51. The molecule has 18 heavy (non-hydrogen) atoms. The highest BCUT2D eigenvalue weighted by Gasteiger charge is 2.15. The van der Waals surface area contributed by atoms with Gasteiger partial charge in [0.1, 0.15) is 11.5 Å². The molecule has 0 unspecified atom stereocenters. The first-order valence-electron chi connectivity index (χ1n) is 5.11. The molecule has 0 amide bonds. The lowest BCUT2D eigenvalue weighted by Crippen LogP contribution is -1.93. The quantitative estimate of drug-likeness (QED) is 0.864. The molecule has 0 spiro atoms. The van der Waals surface area contributed by atoms with Gasteiger partial charge in [0.2, 0.25) is 0 Å². The predicted octanol–water partition coefficient (Wildman–Crippen LogP) is 2.56. The summed E-state index contributed by atoms with van der Waals surface area (Å²) >= 11 is 6.07. The lowest BCUT2D eigenvalue weighted by Gasteiger charge is -2.11. The third kappa shape index (κ3) is 2.04. The van der Waals surface area contributed by atoms with E-state index in [1.807, 2.05) is 0 Å². The van der Waals surface area contributed by atoms with Crippen molar-refractivity contribution in [2.45, 2.75) is 0 Å². The highest BCUT2D eigenvalue weighted by Crippen LogP contribution is 2.38. The SMILES string of the molecule is COc1cc(OC)c(-c2[nH]ncc2C=O)cc1Cl. The number of carbonyl (C=O) groups excluding carboxylic acids is 1. The first kappa shape index (κ1) is 12.4. The third-order valence-electron chi connectivity index (χ3n) is 2.54. The van der Waals surface area contributed by atoms with E-state index in [9.17, 15) is 4.79 Å². The molecule has 0 radical (unpaired) electrons. The lowest BCUT2D eigenvalue weighted by molar-refractivity contribution is 0.112. The van der Waals surface area contributed by atoms with Crippen molar-refractivity contribution in [2.24, 2.45) is 0 Å². The van der Waals surface area contributed by atoms with E-state index < -0.39 is 0 Å². The van der Waals surface area contributed by atoms with Crippen molar-refractivity contribution in [1.82, 2.24) is 10.2 Å². The van der Waals surface area contributed by atoms with E-state index in [4.69, 9.17) is 21.1 Å². The molecule has 0 aliphatic carbocycles. The minimum Gasteiger partial charge on any atom is -0.496 e. The molecule has 0 fully saturated rings. The topological polar surface area (TPSA) is 64.2 Å². The molecule has 0 aliphatic heterocycles. The van der Waals surface area contributed by atoms with Gasteiger partial charge in [0.05, 0.1) is 36.7 Å². The van der Waals surface area contributed by atoms with E-state index in [0.717, 1.165) is 6.29 Å². The van der Waals surface area contributed by atoms with Gasteiger partial charge in [0.15, 0.2) is 6.29 Å². The molecule has 2 rings (SSSR count). The molecular weight excluding hydrogens is 256 g/mol. The molecule has 1 aromatic heterocycles. The van der Waals surface area contributed by atoms with Gasteiger partial charge in [0, 0.05) is 11.6 Å². The molecule has 0 saturated carbocycles. The number of nitrogens with zero attached hydrogens (tertiary/aromatic N) is 1. The average Bonchev–Trinajstić information content (AvgIpc) is 2.86. The maximum atomic E-state index is 10.9. The van der Waals surface area contributed by atoms with E-state index in [1.54, 1.807) is 12.1 Å². The van der Waals surface area contributed by atoms with E-state index in [0.29, 0.717) is 33.3 Å². The standard InChI is InChI=1S/C12H11ClN2O3/c1-17-10-4-11(18-2)9(13)3-8(10)12-7(6-16)5-14-15-12/h3-6H,1-2H3,(H,14,15). The van der Waals surface area contributed by atoms with E-state index >= 15 is 0 Å². The number of rotatable bonds is 4. The van der Waals surface area contributed by atoms with Gasteiger partial charge in [-0.2, -0.15) is 5.10 Å². The number of halogens is 1. The Balaban J connectivity index is 2.63. The second kappa shape index (κ2) is 5.10. The van der Waals surface area contributed by atoms with Gasteiger partial charge in [-0.25, -0.2) is 0 Å². The van der Waals surface area contributed by atoms with Crippen LogP contribution in [0, 0.1) is 0 Å². The van der Waals surface area contributed by atoms with Crippen LogP contribution in [-0.4, -0.2) is 30.7 Å². The minimum atomic E-state index is 0.430. The Hall–Kier alpha value is -2.01. The number of aromatic amines is 1. The van der Waals surface area contributed by atoms with Crippen LogP contribution in [0.3, 0.4) is 0 Å². The van der Waals surface area contributed by atoms with Crippen molar-refractivity contribution >= 4 is 17.9 Å². The van der Waals surface area contributed by atoms with Crippen LogP contribution in [0.5, 0.6) is 11.5 Å². The smallest absolute Gasteiger partial charge is 0.153 e. The van der Waals surface area contributed by atoms with Gasteiger partial charge in [-0.05, 0) is 6.07 Å². The molecule has 0 atom stereocenters. The fourth-order valence-electron chi connectivity index (χ4n) is 1.66. The Morgan fingerprint density at radius 1 is 1.28 bits per heavy atom. The summed E-state index contributed by atoms with van der Waals surface area (Å²) < 4.78 is 10.4. The Bertz CT molecular complexity index is 581. The molecule has 5 nitrogen and oxygen atoms in total. The highest BCUT2D eigenvalue weighted by atomic mass is 35.5. The van der Waals surface area contributed by atoms with Crippen LogP contribution in [0.1, 0.15) is 10.4 Å². The van der Waals surface area contributed by atoms with Gasteiger partial charge in [-0.3, -0.25) is 9.89 Å². The molecule has 1 heterocycles. The number of carbonyl (C=O) groups is 1. The van der Waals surface area contributed by atoms with Crippen LogP contribution in [0.4, 0.5) is 0 Å². The molecule has 2 aromatic rings. The number of nitrogens with one attached hydrogen (secondary N) is 1. The number of hydrogen-bond acceptors (Lipinski definition) is 4. The fraction of sp³-hybridized carbons (Fsp3) is 0.167. The summed E-state index contributed by atoms with van der Waals surface area (Å²) in [6.45, 7) is 0. The molecule has 1 aromatic carbocycles. The van der Waals surface area contributed by atoms with Crippen molar-refractivity contribution in [3.8, 4) is 22.8 Å². The zero-order chi connectivity index (χ0) is 13.1. The van der Waals surface area contributed by atoms with Crippen molar-refractivity contribution < 1.29 is 14.3 Å². The summed E-state index contributed by atoms with van der Waals surface area (Å²) in [6, 6.07) is 3.33. The first-order chi connectivity index (χ1) is 8.71. The van der Waals surface area contributed by atoms with Gasteiger partial charge >= 0.3 is 0 Å². The summed E-state index contributed by atoms with van der Waals surface area (Å²) in [5.74, 6) is 1.05. The molecule has 6 heteroatoms. The van der Waals surface area contributed by atoms with Gasteiger partial charge < -0.3 is 9.47 Å². The maximum Gasteiger partial charge on any atom is 0.153 e. The van der Waals surface area contributed by atoms with E-state index in [-0.39, 0.29) is 0 Å². The molecular formula is C12H11ClN2O3. The normalized spacial score (nSPS) is 10.2. The van der Waals surface area contributed by atoms with Gasteiger partial charge in [0.25, 0.3) is 0 Å². The molecule has 94 valence electrons. The van der Waals surface area contributed by atoms with Crippen LogP contribution < -0.4 is 9.47 Å². The number of benzene rings is 1. The van der Waals surface area contributed by atoms with Crippen molar-refractivity contribution in [3.63, 3.8) is 0 Å². The maximum absolute atomic E-state index is 10.9. The van der Waals surface area contributed by atoms with Crippen LogP contribution in [0.25, 0.3) is 11.3 Å². The second-order valence-corrected chi connectivity index (χ2v) is 3.91. The predicted molar refractivity (Wildman–Crippen MR) is 67.5 cm³/mol. The molecule has 1 N–H and O–H groups in total. The summed E-state index contributed by atoms with van der Waals surface area (Å²) in [5, 5.41) is 7.01. The monoisotopic (exact) mass is 266 g/mol. The average molecular weight is 267 g/mol. The highest BCUT2D eigenvalue weighted by molar-refractivity contribution is 6.32. The van der Waals surface area contributed by atoms with E-state index in [2.05, 4.69) is 10.2 Å². The number of H-pyrrole nitrogens is 1. The Morgan fingerprint density at radius 2 is 2.00 bits per heavy atom. The van der Waals surface area contributed by atoms with Gasteiger partial charge in [-0.15, -0.1) is 0 Å². The zero-order valence-electron chi connectivity index (χ0n) is 9.86. The zero-order valence-corrected chi connectivity index (χ0v) is 10.6. The van der Waals surface area contributed by atoms with Crippen LogP contribution in [0.2, 0.25) is 5.02 Å². The minimum absolute atomic E-state index is 0.430. The largest absolute Gasteiger partial charge is 0.496 e. The summed E-state index contributed by atoms with van der Waals surface area (Å²) in [4.78, 5) is 10.9. The van der Waals surface area contributed by atoms with Crippen LogP contribution in [-0.2, 0) is 0 Å². The fourth-order valence-corrected chi connectivity index (χ4v) is 1.90. The summed E-state index contributed by atoms with van der Waals surface area (Å²) in [6.07, 6.45) is 2.16. The Kier molecular flexibility index (Phi) is 3.53. The van der Waals surface area contributed by atoms with Crippen molar-refractivity contribution in [1.29, 1.82) is 0 Å². The molecule has 0 saturated heterocycles. The number of methoxy groups -OCH3 is 2. The van der Waals surface area contributed by atoms with Gasteiger partial charge in [-0.1, -0.05) is 11.6 Å². The number of hydrogen-bond donors (Lipinski definition) is 1. The molecule has 0 bridgehead atoms. The number of aromatic nitrogens is 2. The number of ether oxygens (including phenoxy) is 2. The van der Waals surface area contributed by atoms with Crippen LogP contribution >= 0.6 is 11.6 Å². The number of aldehydes is 1. The first-order valence-corrected chi connectivity index (χ1v) is 5.49. The van der Waals surface area contributed by atoms with Crippen molar-refractivity contribution in [2.75, 3.05) is 14.2 Å².